The van der Waals surface area contributed by atoms with Gasteiger partial charge in [0.05, 0.1) is 25.4 Å². The zero-order valence-electron chi connectivity index (χ0n) is 15.4. The molecule has 3 N–H and O–H groups in total. The molecule has 0 saturated heterocycles. The van der Waals surface area contributed by atoms with Crippen LogP contribution in [-0.4, -0.2) is 25.7 Å². The Morgan fingerprint density at radius 1 is 1.07 bits per heavy atom. The number of nitrogens with two attached hydrogens (primary N) is 1. The van der Waals surface area contributed by atoms with Crippen molar-refractivity contribution in [1.29, 1.82) is 0 Å². The average Bonchev–Trinajstić information content (AvgIpc) is 2.72. The van der Waals surface area contributed by atoms with Gasteiger partial charge in [0.1, 0.15) is 0 Å². The van der Waals surface area contributed by atoms with Gasteiger partial charge < -0.3 is 19.1 Å². The minimum atomic E-state index is 0.684. The van der Waals surface area contributed by atoms with Gasteiger partial charge in [0.25, 0.3) is 0 Å². The molecule has 7 heteroatoms. The fourth-order valence-electron chi connectivity index (χ4n) is 3.67. The fourth-order valence-corrected chi connectivity index (χ4v) is 3.94. The maximum atomic E-state index is 5.53. The molecule has 2 heterocycles. The maximum Gasteiger partial charge on any atom is 0.162 e. The van der Waals surface area contributed by atoms with Gasteiger partial charge in [-0.25, -0.2) is 0 Å². The summed E-state index contributed by atoms with van der Waals surface area (Å²) in [6, 6.07) is 12.4. The van der Waals surface area contributed by atoms with Crippen LogP contribution in [0.15, 0.2) is 42.6 Å². The van der Waals surface area contributed by atoms with Crippen LogP contribution in [0.25, 0.3) is 10.9 Å². The van der Waals surface area contributed by atoms with Gasteiger partial charge in [0.2, 0.25) is 0 Å². The van der Waals surface area contributed by atoms with E-state index in [0.29, 0.717) is 11.5 Å². The summed E-state index contributed by atoms with van der Waals surface area (Å²) in [4.78, 5) is 6.88. The summed E-state index contributed by atoms with van der Waals surface area (Å²) in [5, 5.41) is 6.58. The smallest absolute Gasteiger partial charge is 0.162 e. The molecule has 0 spiro atoms. The molecule has 0 radical (unpaired) electrons. The van der Waals surface area contributed by atoms with Crippen LogP contribution in [0.3, 0.4) is 0 Å². The number of rotatable bonds is 5. The highest BCUT2D eigenvalue weighted by molar-refractivity contribution is 7.98. The summed E-state index contributed by atoms with van der Waals surface area (Å²) in [5.74, 6) is 1.39. The lowest BCUT2D eigenvalue weighted by Crippen LogP contribution is -2.24. The molecule has 0 fully saturated rings. The lowest BCUT2D eigenvalue weighted by molar-refractivity contribution is 0.356. The fraction of sp³-hybridized carbons (Fsp3) is 0.250. The Labute approximate surface area is 162 Å². The lowest BCUT2D eigenvalue weighted by atomic mass is 9.99. The quantitative estimate of drug-likeness (QED) is 0.638. The van der Waals surface area contributed by atoms with E-state index in [4.69, 9.17) is 14.6 Å². The van der Waals surface area contributed by atoms with Crippen LogP contribution in [0.4, 0.5) is 17.1 Å². The van der Waals surface area contributed by atoms with E-state index in [1.807, 2.05) is 18.3 Å². The van der Waals surface area contributed by atoms with E-state index in [9.17, 15) is 0 Å². The van der Waals surface area contributed by atoms with E-state index >= 15 is 0 Å². The van der Waals surface area contributed by atoms with Gasteiger partial charge in [-0.2, -0.15) is 0 Å². The molecular weight excluding hydrogens is 360 g/mol. The summed E-state index contributed by atoms with van der Waals surface area (Å²) in [5.41, 5.74) is 5.56. The zero-order chi connectivity index (χ0) is 18.8. The number of anilines is 3. The molecule has 2 aromatic carbocycles. The number of hydrogen-bond donors (Lipinski definition) is 2. The molecule has 0 bridgehead atoms. The SMILES string of the molecule is COc1cc2nccc(N3CCCc4cc(NSN)ccc43)c2cc1OC. The first-order chi connectivity index (χ1) is 13.2. The van der Waals surface area contributed by atoms with Crippen LogP contribution >= 0.6 is 12.1 Å². The minimum absolute atomic E-state index is 0.684. The number of aryl methyl sites for hydroxylation is 1. The summed E-state index contributed by atoms with van der Waals surface area (Å²) in [7, 11) is 3.29. The highest BCUT2D eigenvalue weighted by Gasteiger charge is 2.21. The number of fused-ring (bicyclic) bond motifs is 2. The molecule has 0 unspecified atom stereocenters. The average molecular weight is 382 g/mol. The predicted molar refractivity (Wildman–Crippen MR) is 112 cm³/mol. The standard InChI is InChI=1S/C20H22N4O2S/c1-25-19-11-15-16(12-20(19)26-2)22-8-7-18(15)24-9-3-4-13-10-14(23-27-21)5-6-17(13)24/h5-8,10-12,23H,3-4,9,21H2,1-2H3. The van der Waals surface area contributed by atoms with E-state index < -0.39 is 0 Å². The van der Waals surface area contributed by atoms with E-state index in [2.05, 4.69) is 38.9 Å². The van der Waals surface area contributed by atoms with Gasteiger partial charge in [-0.3, -0.25) is 10.1 Å². The number of benzene rings is 2. The van der Waals surface area contributed by atoms with Gasteiger partial charge >= 0.3 is 0 Å². The van der Waals surface area contributed by atoms with Crippen molar-refractivity contribution >= 4 is 40.1 Å². The van der Waals surface area contributed by atoms with Crippen LogP contribution in [-0.2, 0) is 6.42 Å². The zero-order valence-corrected chi connectivity index (χ0v) is 16.2. The minimum Gasteiger partial charge on any atom is -0.493 e. The van der Waals surface area contributed by atoms with E-state index in [1.54, 1.807) is 14.2 Å². The number of nitrogens with zero attached hydrogens (tertiary/aromatic N) is 2. The molecule has 0 aliphatic carbocycles. The molecule has 6 nitrogen and oxygen atoms in total. The van der Waals surface area contributed by atoms with Crippen molar-refractivity contribution in [3.05, 3.63) is 48.2 Å². The third kappa shape index (κ3) is 3.24. The number of aromatic nitrogens is 1. The third-order valence-electron chi connectivity index (χ3n) is 4.89. The second-order valence-corrected chi connectivity index (χ2v) is 6.81. The Hall–Kier alpha value is -2.64. The van der Waals surface area contributed by atoms with Crippen molar-refractivity contribution in [2.24, 2.45) is 5.14 Å². The van der Waals surface area contributed by atoms with Crippen LogP contribution in [0.2, 0.25) is 0 Å². The van der Waals surface area contributed by atoms with Crippen molar-refractivity contribution in [2.45, 2.75) is 12.8 Å². The highest BCUT2D eigenvalue weighted by Crippen LogP contribution is 2.41. The molecule has 1 aliphatic heterocycles. The van der Waals surface area contributed by atoms with Gasteiger partial charge in [-0.1, -0.05) is 0 Å². The van der Waals surface area contributed by atoms with E-state index in [0.717, 1.165) is 53.8 Å². The van der Waals surface area contributed by atoms with Gasteiger partial charge in [-0.05, 0) is 48.7 Å². The first-order valence-electron chi connectivity index (χ1n) is 8.78. The molecule has 1 aliphatic rings. The second-order valence-electron chi connectivity index (χ2n) is 6.37. The van der Waals surface area contributed by atoms with E-state index in [-0.39, 0.29) is 0 Å². The van der Waals surface area contributed by atoms with Crippen molar-refractivity contribution in [3.63, 3.8) is 0 Å². The van der Waals surface area contributed by atoms with Crippen LogP contribution in [0.5, 0.6) is 11.5 Å². The van der Waals surface area contributed by atoms with Gasteiger partial charge in [0, 0.05) is 47.7 Å². The number of nitrogens with one attached hydrogen (secondary N) is 1. The van der Waals surface area contributed by atoms with Gasteiger partial charge in [-0.15, -0.1) is 0 Å². The summed E-state index contributed by atoms with van der Waals surface area (Å²) >= 11 is 1.11. The van der Waals surface area contributed by atoms with Gasteiger partial charge in [0.15, 0.2) is 11.5 Å². The number of ether oxygens (including phenoxy) is 2. The van der Waals surface area contributed by atoms with Crippen LogP contribution in [0.1, 0.15) is 12.0 Å². The molecule has 0 saturated carbocycles. The molecule has 0 atom stereocenters. The normalized spacial score (nSPS) is 13.4. The lowest BCUT2D eigenvalue weighted by Gasteiger charge is -2.32. The van der Waals surface area contributed by atoms with Crippen LogP contribution in [0, 0.1) is 0 Å². The second kappa shape index (κ2) is 7.54. The van der Waals surface area contributed by atoms with Crippen LogP contribution < -0.4 is 24.2 Å². The van der Waals surface area contributed by atoms with Crippen molar-refractivity contribution in [3.8, 4) is 11.5 Å². The maximum absolute atomic E-state index is 5.53. The summed E-state index contributed by atoms with van der Waals surface area (Å²) < 4.78 is 14.0. The van der Waals surface area contributed by atoms with E-state index in [1.165, 1.54) is 11.3 Å². The summed E-state index contributed by atoms with van der Waals surface area (Å²) in [6.07, 6.45) is 3.99. The third-order valence-corrected chi connectivity index (χ3v) is 5.24. The predicted octanol–water partition coefficient (Wildman–Crippen LogP) is 4.27. The number of hydrogen-bond acceptors (Lipinski definition) is 7. The Morgan fingerprint density at radius 3 is 2.67 bits per heavy atom. The Balaban J connectivity index is 1.84. The molecule has 0 amide bonds. The Kier molecular flexibility index (Phi) is 4.96. The molecule has 3 aromatic rings. The Bertz CT molecular complexity index is 980. The molecule has 4 rings (SSSR count). The number of methoxy groups -OCH3 is 2. The van der Waals surface area contributed by atoms with Crippen molar-refractivity contribution in [1.82, 2.24) is 4.98 Å². The largest absolute Gasteiger partial charge is 0.493 e. The van der Waals surface area contributed by atoms with Crippen molar-refractivity contribution in [2.75, 3.05) is 30.4 Å². The number of pyridine rings is 1. The van der Waals surface area contributed by atoms with Crippen molar-refractivity contribution < 1.29 is 9.47 Å². The molecule has 1 aromatic heterocycles. The summed E-state index contributed by atoms with van der Waals surface area (Å²) in [6.45, 7) is 0.957. The topological polar surface area (TPSA) is 72.6 Å². The molecule has 27 heavy (non-hydrogen) atoms. The Morgan fingerprint density at radius 2 is 1.89 bits per heavy atom. The first-order valence-corrected chi connectivity index (χ1v) is 9.66. The molecule has 140 valence electrons. The first kappa shape index (κ1) is 17.8. The molecular formula is C20H22N4O2S. The highest BCUT2D eigenvalue weighted by atomic mass is 32.2. The monoisotopic (exact) mass is 382 g/mol.